The summed E-state index contributed by atoms with van der Waals surface area (Å²) in [5.74, 6) is -0.553. The largest absolute Gasteiger partial charge is 0.504 e. The smallest absolute Gasteiger partial charge is 0.223 e. The highest BCUT2D eigenvalue weighted by Gasteiger charge is 2.15. The molecule has 0 radical (unpaired) electrons. The lowest BCUT2D eigenvalue weighted by atomic mass is 10.00. The SMILES string of the molecule is Cc1[nH]c2ccccc2c1CCNC(=O)C(C)Cc1ccc(O)c(O)c1. The number of phenols is 2. The molecule has 1 atom stereocenters. The number of para-hydroxylation sites is 1. The summed E-state index contributed by atoms with van der Waals surface area (Å²) in [4.78, 5) is 15.7. The van der Waals surface area contributed by atoms with Crippen molar-refractivity contribution < 1.29 is 15.0 Å². The van der Waals surface area contributed by atoms with Gasteiger partial charge in [0.25, 0.3) is 0 Å². The zero-order valence-corrected chi connectivity index (χ0v) is 15.0. The van der Waals surface area contributed by atoms with Gasteiger partial charge >= 0.3 is 0 Å². The Morgan fingerprint density at radius 2 is 1.92 bits per heavy atom. The van der Waals surface area contributed by atoms with Gasteiger partial charge in [-0.2, -0.15) is 0 Å². The Morgan fingerprint density at radius 1 is 1.15 bits per heavy atom. The summed E-state index contributed by atoms with van der Waals surface area (Å²) in [5, 5.41) is 23.1. The van der Waals surface area contributed by atoms with Crippen LogP contribution in [0.1, 0.15) is 23.7 Å². The van der Waals surface area contributed by atoms with Crippen LogP contribution in [0.3, 0.4) is 0 Å². The predicted molar refractivity (Wildman–Crippen MR) is 102 cm³/mol. The van der Waals surface area contributed by atoms with Crippen molar-refractivity contribution >= 4 is 16.8 Å². The molecule has 0 saturated heterocycles. The van der Waals surface area contributed by atoms with Crippen molar-refractivity contribution in [1.82, 2.24) is 10.3 Å². The quantitative estimate of drug-likeness (QED) is 0.513. The summed E-state index contributed by atoms with van der Waals surface area (Å²) < 4.78 is 0. The van der Waals surface area contributed by atoms with Gasteiger partial charge in [-0.15, -0.1) is 0 Å². The minimum atomic E-state index is -0.219. The molecule has 0 fully saturated rings. The molecule has 5 nitrogen and oxygen atoms in total. The molecule has 3 aromatic rings. The number of phenolic OH excluding ortho intramolecular Hbond substituents is 2. The van der Waals surface area contributed by atoms with Crippen LogP contribution in [0, 0.1) is 12.8 Å². The van der Waals surface area contributed by atoms with Gasteiger partial charge in [0.15, 0.2) is 11.5 Å². The summed E-state index contributed by atoms with van der Waals surface area (Å²) in [6.07, 6.45) is 1.28. The number of carbonyl (C=O) groups is 1. The Morgan fingerprint density at radius 3 is 2.69 bits per heavy atom. The molecule has 0 spiro atoms. The first-order valence-electron chi connectivity index (χ1n) is 8.80. The van der Waals surface area contributed by atoms with Crippen molar-refractivity contribution in [3.05, 3.63) is 59.3 Å². The number of fused-ring (bicyclic) bond motifs is 1. The highest BCUT2D eigenvalue weighted by atomic mass is 16.3. The Bertz CT molecular complexity index is 930. The number of aromatic nitrogens is 1. The Balaban J connectivity index is 1.56. The summed E-state index contributed by atoms with van der Waals surface area (Å²) >= 11 is 0. The van der Waals surface area contributed by atoms with Crippen LogP contribution in [0.25, 0.3) is 10.9 Å². The molecule has 1 aromatic heterocycles. The minimum Gasteiger partial charge on any atom is -0.504 e. The second-order valence-corrected chi connectivity index (χ2v) is 6.74. The summed E-state index contributed by atoms with van der Waals surface area (Å²) in [6.45, 7) is 4.49. The van der Waals surface area contributed by atoms with E-state index in [1.807, 2.05) is 19.1 Å². The number of nitrogens with one attached hydrogen (secondary N) is 2. The zero-order valence-electron chi connectivity index (χ0n) is 15.0. The molecule has 0 saturated carbocycles. The molecule has 26 heavy (non-hydrogen) atoms. The van der Waals surface area contributed by atoms with Gasteiger partial charge in [-0.1, -0.05) is 31.2 Å². The van der Waals surface area contributed by atoms with E-state index in [4.69, 9.17) is 0 Å². The number of hydrogen-bond acceptors (Lipinski definition) is 3. The molecule has 0 bridgehead atoms. The fourth-order valence-electron chi connectivity index (χ4n) is 3.28. The van der Waals surface area contributed by atoms with Crippen LogP contribution in [-0.2, 0) is 17.6 Å². The molecule has 0 aliphatic carbocycles. The molecule has 136 valence electrons. The number of aryl methyl sites for hydroxylation is 1. The van der Waals surface area contributed by atoms with Crippen molar-refractivity contribution in [2.75, 3.05) is 6.54 Å². The first-order valence-corrected chi connectivity index (χ1v) is 8.80. The molecule has 2 aromatic carbocycles. The van der Waals surface area contributed by atoms with Crippen LogP contribution in [-0.4, -0.2) is 27.6 Å². The van der Waals surface area contributed by atoms with Gasteiger partial charge < -0.3 is 20.5 Å². The average molecular weight is 352 g/mol. The monoisotopic (exact) mass is 352 g/mol. The molecule has 1 amide bonds. The van der Waals surface area contributed by atoms with Crippen LogP contribution in [0.4, 0.5) is 0 Å². The number of aromatic amines is 1. The first-order chi connectivity index (χ1) is 12.5. The van der Waals surface area contributed by atoms with Crippen molar-refractivity contribution in [1.29, 1.82) is 0 Å². The van der Waals surface area contributed by atoms with Crippen molar-refractivity contribution in [2.45, 2.75) is 26.7 Å². The van der Waals surface area contributed by atoms with Gasteiger partial charge in [-0.05, 0) is 49.1 Å². The zero-order chi connectivity index (χ0) is 18.7. The van der Waals surface area contributed by atoms with Crippen LogP contribution < -0.4 is 5.32 Å². The topological polar surface area (TPSA) is 85.4 Å². The van der Waals surface area contributed by atoms with Crippen molar-refractivity contribution in [3.8, 4) is 11.5 Å². The van der Waals surface area contributed by atoms with Gasteiger partial charge in [0.05, 0.1) is 0 Å². The van der Waals surface area contributed by atoms with E-state index >= 15 is 0 Å². The average Bonchev–Trinajstić information content (AvgIpc) is 2.93. The molecule has 5 heteroatoms. The third-order valence-corrected chi connectivity index (χ3v) is 4.73. The molecular weight excluding hydrogens is 328 g/mol. The lowest BCUT2D eigenvalue weighted by Gasteiger charge is -2.13. The van der Waals surface area contributed by atoms with E-state index in [1.54, 1.807) is 6.07 Å². The van der Waals surface area contributed by atoms with Crippen LogP contribution in [0.5, 0.6) is 11.5 Å². The Labute approximate surface area is 152 Å². The molecule has 1 heterocycles. The van der Waals surface area contributed by atoms with E-state index in [1.165, 1.54) is 23.1 Å². The minimum absolute atomic E-state index is 0.0185. The van der Waals surface area contributed by atoms with E-state index in [-0.39, 0.29) is 23.3 Å². The standard InChI is InChI=1S/C21H24N2O3/c1-13(11-15-7-8-19(24)20(25)12-15)21(26)22-10-9-16-14(2)23-18-6-4-3-5-17(16)18/h3-8,12-13,23-25H,9-11H2,1-2H3,(H,22,26). The number of hydrogen-bond donors (Lipinski definition) is 4. The van der Waals surface area contributed by atoms with Gasteiger partial charge in [-0.25, -0.2) is 0 Å². The van der Waals surface area contributed by atoms with E-state index in [9.17, 15) is 15.0 Å². The van der Waals surface area contributed by atoms with Gasteiger partial charge in [-0.3, -0.25) is 4.79 Å². The summed E-state index contributed by atoms with van der Waals surface area (Å²) in [6, 6.07) is 12.8. The Hall–Kier alpha value is -2.95. The predicted octanol–water partition coefficient (Wildman–Crippen LogP) is 3.43. The fourth-order valence-corrected chi connectivity index (χ4v) is 3.28. The normalized spacial score (nSPS) is 12.2. The third-order valence-electron chi connectivity index (χ3n) is 4.73. The lowest BCUT2D eigenvalue weighted by molar-refractivity contribution is -0.124. The maximum atomic E-state index is 12.3. The second-order valence-electron chi connectivity index (χ2n) is 6.74. The third kappa shape index (κ3) is 3.82. The van der Waals surface area contributed by atoms with E-state index in [2.05, 4.69) is 29.4 Å². The first kappa shape index (κ1) is 17.9. The van der Waals surface area contributed by atoms with Crippen molar-refractivity contribution in [3.63, 3.8) is 0 Å². The van der Waals surface area contributed by atoms with Crippen molar-refractivity contribution in [2.24, 2.45) is 5.92 Å². The van der Waals surface area contributed by atoms with Gasteiger partial charge in [0.2, 0.25) is 5.91 Å². The number of amides is 1. The number of rotatable bonds is 6. The number of H-pyrrole nitrogens is 1. The summed E-state index contributed by atoms with van der Waals surface area (Å²) in [5.41, 5.74) is 4.30. The van der Waals surface area contributed by atoms with E-state index < -0.39 is 0 Å². The van der Waals surface area contributed by atoms with Gasteiger partial charge in [0, 0.05) is 29.1 Å². The van der Waals surface area contributed by atoms with Crippen LogP contribution in [0.15, 0.2) is 42.5 Å². The molecule has 4 N–H and O–H groups in total. The molecule has 0 aliphatic rings. The summed E-state index contributed by atoms with van der Waals surface area (Å²) in [7, 11) is 0. The molecule has 3 rings (SSSR count). The van der Waals surface area contributed by atoms with Crippen LogP contribution >= 0.6 is 0 Å². The number of benzene rings is 2. The number of carbonyl (C=O) groups excluding carboxylic acids is 1. The maximum absolute atomic E-state index is 12.3. The second kappa shape index (κ2) is 7.52. The highest BCUT2D eigenvalue weighted by molar-refractivity contribution is 5.84. The van der Waals surface area contributed by atoms with E-state index in [0.29, 0.717) is 13.0 Å². The van der Waals surface area contributed by atoms with Crippen LogP contribution in [0.2, 0.25) is 0 Å². The fraction of sp³-hybridized carbons (Fsp3) is 0.286. The number of aromatic hydroxyl groups is 2. The molecule has 0 aliphatic heterocycles. The lowest BCUT2D eigenvalue weighted by Crippen LogP contribution is -2.31. The van der Waals surface area contributed by atoms with Gasteiger partial charge in [0.1, 0.15) is 0 Å². The molecular formula is C21H24N2O3. The highest BCUT2D eigenvalue weighted by Crippen LogP contribution is 2.26. The maximum Gasteiger partial charge on any atom is 0.223 e. The Kier molecular flexibility index (Phi) is 5.16. The molecule has 1 unspecified atom stereocenters. The van der Waals surface area contributed by atoms with E-state index in [0.717, 1.165) is 23.2 Å².